The van der Waals surface area contributed by atoms with Gasteiger partial charge in [0.25, 0.3) is 0 Å². The van der Waals surface area contributed by atoms with E-state index in [9.17, 15) is 0 Å². The summed E-state index contributed by atoms with van der Waals surface area (Å²) in [5.74, 6) is 0. The van der Waals surface area contributed by atoms with Crippen LogP contribution in [0.25, 0.3) is 0 Å². The van der Waals surface area contributed by atoms with Crippen molar-refractivity contribution in [1.82, 2.24) is 0 Å². The van der Waals surface area contributed by atoms with E-state index < -0.39 is 16.2 Å². The topological polar surface area (TPSA) is 57.2 Å². The first-order chi connectivity index (χ1) is 1.73. The molecule has 0 aliphatic heterocycles. The third-order valence-electron chi connectivity index (χ3n) is 0. The Kier molecular flexibility index (Phi) is 9.84. The summed E-state index contributed by atoms with van der Waals surface area (Å²) in [7, 11) is 0. The van der Waals surface area contributed by atoms with Gasteiger partial charge in [-0.3, -0.25) is 0 Å². The van der Waals surface area contributed by atoms with Crippen LogP contribution in [-0.2, 0) is 23.4 Å². The van der Waals surface area contributed by atoms with E-state index in [1.807, 2.05) is 0 Å². The van der Waals surface area contributed by atoms with Crippen molar-refractivity contribution in [1.29, 1.82) is 0 Å². The van der Waals surface area contributed by atoms with Crippen molar-refractivity contribution in [2.45, 2.75) is 0 Å². The van der Waals surface area contributed by atoms with Gasteiger partial charge in [0.15, 0.2) is 0 Å². The van der Waals surface area contributed by atoms with Gasteiger partial charge in [0, 0.05) is 0 Å². The molecule has 0 radical (unpaired) electrons. The zero-order valence-electron chi connectivity index (χ0n) is 2.58. The summed E-state index contributed by atoms with van der Waals surface area (Å²) in [5, 5.41) is 0. The molecule has 27 valence electrons. The second-order valence-electron chi connectivity index (χ2n) is 0.177. The Hall–Kier alpha value is 1.18. The maximum absolute atomic E-state index is 8.56. The van der Waals surface area contributed by atoms with Crippen LogP contribution in [0.2, 0.25) is 0 Å². The molecule has 0 aromatic carbocycles. The van der Waals surface area contributed by atoms with Crippen molar-refractivity contribution in [2.75, 3.05) is 0 Å². The molecule has 0 N–H and O–H groups in total. The van der Waals surface area contributed by atoms with Crippen LogP contribution in [0.3, 0.4) is 0 Å². The van der Waals surface area contributed by atoms with Crippen LogP contribution in [0, 0.1) is 0 Å². The summed E-state index contributed by atoms with van der Waals surface area (Å²) in [6, 6.07) is 0. The normalized spacial score (nSPS) is 6.80. The van der Waals surface area contributed by atoms with Crippen LogP contribution in [0.15, 0.2) is 0 Å². The van der Waals surface area contributed by atoms with E-state index in [-0.39, 0.29) is 29.6 Å². The monoisotopic (exact) mass is 173 g/mol. The van der Waals surface area contributed by atoms with Gasteiger partial charge in [0.2, 0.25) is 0 Å². The first-order valence-corrected chi connectivity index (χ1v) is 2.56. The molecule has 0 aromatic rings. The van der Waals surface area contributed by atoms with E-state index in [1.54, 1.807) is 0 Å². The molecule has 0 aliphatic carbocycles. The van der Waals surface area contributed by atoms with Gasteiger partial charge in [-0.2, -0.15) is 0 Å². The van der Waals surface area contributed by atoms with Gasteiger partial charge < -0.3 is 0 Å². The first kappa shape index (κ1) is 9.49. The molecule has 0 aliphatic rings. The van der Waals surface area contributed by atoms with Crippen LogP contribution in [0.4, 0.5) is 0 Å². The molecule has 0 rings (SSSR count). The molecule has 0 atom stereocenters. The van der Waals surface area contributed by atoms with Gasteiger partial charge in [0.05, 0.1) is 0 Å². The fourth-order valence-corrected chi connectivity index (χ4v) is 0. The van der Waals surface area contributed by atoms with Gasteiger partial charge in [-0.05, 0) is 0 Å². The molecular formula is NaO3Ru. The van der Waals surface area contributed by atoms with Crippen molar-refractivity contribution in [3.05, 3.63) is 0 Å². The Morgan fingerprint density at radius 1 is 1.40 bits per heavy atom. The molecule has 0 saturated heterocycles. The summed E-state index contributed by atoms with van der Waals surface area (Å²) in [6.07, 6.45) is 0. The Morgan fingerprint density at radius 3 is 1.40 bits per heavy atom. The van der Waals surface area contributed by atoms with Crippen LogP contribution in [-0.4, -0.2) is 0 Å². The molecule has 0 saturated carbocycles. The predicted octanol–water partition coefficient (Wildman–Crippen LogP) is -4.43. The van der Waals surface area contributed by atoms with E-state index in [0.29, 0.717) is 0 Å². The van der Waals surface area contributed by atoms with E-state index in [2.05, 4.69) is 0 Å². The Labute approximate surface area is 56.5 Å². The number of hydrogen-bond acceptors (Lipinski definition) is 3. The molecule has 0 amide bonds. The average Bonchev–Trinajstić information content (AvgIpc) is 0.811. The number of rotatable bonds is 0. The molecule has 0 fully saturated rings. The molecule has 0 aromatic heterocycles. The SMILES string of the molecule is [Na+].[O]=[Ru](=[O])[O-]. The molecule has 0 spiro atoms. The first-order valence-electron chi connectivity index (χ1n) is 0.433. The fourth-order valence-electron chi connectivity index (χ4n) is 0. The molecule has 3 nitrogen and oxygen atoms in total. The molecule has 5 heavy (non-hydrogen) atoms. The van der Waals surface area contributed by atoms with Crippen molar-refractivity contribution < 1.29 is 56.9 Å². The molecule has 0 unspecified atom stereocenters. The van der Waals surface area contributed by atoms with Crippen molar-refractivity contribution in [2.24, 2.45) is 0 Å². The van der Waals surface area contributed by atoms with Gasteiger partial charge in [0.1, 0.15) is 0 Å². The summed E-state index contributed by atoms with van der Waals surface area (Å²) in [5.41, 5.74) is 0. The van der Waals surface area contributed by atoms with Gasteiger partial charge in [-0.25, -0.2) is 0 Å². The van der Waals surface area contributed by atoms with Crippen molar-refractivity contribution in [3.63, 3.8) is 0 Å². The van der Waals surface area contributed by atoms with Crippen LogP contribution < -0.4 is 33.5 Å². The van der Waals surface area contributed by atoms with E-state index in [4.69, 9.17) is 11.1 Å². The van der Waals surface area contributed by atoms with Gasteiger partial charge in [-0.15, -0.1) is 0 Å². The summed E-state index contributed by atoms with van der Waals surface area (Å²) in [6.45, 7) is 0. The minimum atomic E-state index is -3.92. The Morgan fingerprint density at radius 2 is 1.40 bits per heavy atom. The second-order valence-corrected chi connectivity index (χ2v) is 1.05. The Balaban J connectivity index is 0. The molecule has 5 heteroatoms. The third kappa shape index (κ3) is 37.5. The Bertz CT molecular complexity index is 55.3. The van der Waals surface area contributed by atoms with E-state index in [1.165, 1.54) is 0 Å². The predicted molar refractivity (Wildman–Crippen MR) is 1.37 cm³/mol. The van der Waals surface area contributed by atoms with Crippen LogP contribution in [0.5, 0.6) is 0 Å². The van der Waals surface area contributed by atoms with E-state index >= 15 is 0 Å². The fraction of sp³-hybridized carbons (Fsp3) is 0. The third-order valence-corrected chi connectivity index (χ3v) is 0. The molecule has 0 heterocycles. The summed E-state index contributed by atoms with van der Waals surface area (Å²) in [4.78, 5) is 0. The zero-order valence-corrected chi connectivity index (χ0v) is 6.32. The van der Waals surface area contributed by atoms with Crippen molar-refractivity contribution >= 4 is 0 Å². The van der Waals surface area contributed by atoms with Gasteiger partial charge in [-0.1, -0.05) is 0 Å². The van der Waals surface area contributed by atoms with Crippen molar-refractivity contribution in [3.8, 4) is 0 Å². The minimum absolute atomic E-state index is 0. The summed E-state index contributed by atoms with van der Waals surface area (Å²) >= 11 is -3.92. The quantitative estimate of drug-likeness (QED) is 0.346. The maximum atomic E-state index is 8.56. The van der Waals surface area contributed by atoms with E-state index in [0.717, 1.165) is 0 Å². The number of hydrogen-bond donors (Lipinski definition) is 0. The molecular weight excluding hydrogens is 172 g/mol. The summed E-state index contributed by atoms with van der Waals surface area (Å²) < 4.78 is 25.7. The molecule has 0 bridgehead atoms. The standard InChI is InChI=1S/Na.3O.Ru/q+1;;;-1;. The van der Waals surface area contributed by atoms with Crippen LogP contribution >= 0.6 is 0 Å². The average molecular weight is 172 g/mol. The zero-order chi connectivity index (χ0) is 3.58. The van der Waals surface area contributed by atoms with Crippen LogP contribution in [0.1, 0.15) is 0 Å². The van der Waals surface area contributed by atoms with Gasteiger partial charge >= 0.3 is 56.9 Å². The second kappa shape index (κ2) is 5.18.